The van der Waals surface area contributed by atoms with Crippen molar-refractivity contribution in [2.45, 2.75) is 25.4 Å². The minimum absolute atomic E-state index is 0.286. The number of hydrogen-bond acceptors (Lipinski definition) is 4. The fourth-order valence-corrected chi connectivity index (χ4v) is 3.37. The summed E-state index contributed by atoms with van der Waals surface area (Å²) < 4.78 is 11.7. The van der Waals surface area contributed by atoms with E-state index in [1.54, 1.807) is 7.11 Å². The predicted molar refractivity (Wildman–Crippen MR) is 86.0 cm³/mol. The van der Waals surface area contributed by atoms with Crippen LogP contribution in [0.5, 0.6) is 5.75 Å². The Hall–Kier alpha value is -0.490. The highest BCUT2D eigenvalue weighted by Crippen LogP contribution is 2.36. The Bertz CT molecular complexity index is 453. The standard InChI is InChI=1S/C14H20BrClN2O2/c1-9(5-11-8-20-4-3-17-11)18-13-7-10(16)6-12(15)14(13)19-2/h6-7,9,11,17-18H,3-5,8H2,1-2H3. The Kier molecular flexibility index (Phi) is 5.96. The molecule has 0 radical (unpaired) electrons. The molecule has 0 amide bonds. The second kappa shape index (κ2) is 7.50. The number of morpholine rings is 1. The van der Waals surface area contributed by atoms with Crippen molar-refractivity contribution in [2.75, 3.05) is 32.2 Å². The van der Waals surface area contributed by atoms with Crippen LogP contribution in [0, 0.1) is 0 Å². The van der Waals surface area contributed by atoms with Gasteiger partial charge in [0.15, 0.2) is 5.75 Å². The molecule has 2 rings (SSSR count). The molecular weight excluding hydrogens is 344 g/mol. The maximum Gasteiger partial charge on any atom is 0.156 e. The van der Waals surface area contributed by atoms with E-state index in [0.717, 1.165) is 42.1 Å². The first-order chi connectivity index (χ1) is 9.60. The number of ether oxygens (including phenoxy) is 2. The van der Waals surface area contributed by atoms with Crippen molar-refractivity contribution in [2.24, 2.45) is 0 Å². The molecule has 20 heavy (non-hydrogen) atoms. The Morgan fingerprint density at radius 2 is 2.40 bits per heavy atom. The Labute approximate surface area is 133 Å². The van der Waals surface area contributed by atoms with Crippen LogP contribution in [0.2, 0.25) is 5.02 Å². The summed E-state index contributed by atoms with van der Waals surface area (Å²) in [6.45, 7) is 4.63. The molecule has 1 aliphatic rings. The van der Waals surface area contributed by atoms with E-state index in [2.05, 4.69) is 33.5 Å². The molecule has 2 unspecified atom stereocenters. The zero-order valence-corrected chi connectivity index (χ0v) is 14.1. The molecule has 0 aromatic heterocycles. The second-order valence-corrected chi connectivity index (χ2v) is 6.27. The van der Waals surface area contributed by atoms with Crippen molar-refractivity contribution in [3.63, 3.8) is 0 Å². The molecule has 0 bridgehead atoms. The highest BCUT2D eigenvalue weighted by molar-refractivity contribution is 9.10. The molecule has 0 saturated carbocycles. The van der Waals surface area contributed by atoms with E-state index in [4.69, 9.17) is 21.1 Å². The van der Waals surface area contributed by atoms with Crippen LogP contribution in [0.25, 0.3) is 0 Å². The molecule has 1 saturated heterocycles. The van der Waals surface area contributed by atoms with Crippen molar-refractivity contribution in [3.8, 4) is 5.75 Å². The molecule has 2 N–H and O–H groups in total. The summed E-state index contributed by atoms with van der Waals surface area (Å²) in [5.74, 6) is 0.772. The van der Waals surface area contributed by atoms with Crippen LogP contribution in [-0.2, 0) is 4.74 Å². The van der Waals surface area contributed by atoms with Crippen molar-refractivity contribution < 1.29 is 9.47 Å². The van der Waals surface area contributed by atoms with E-state index in [1.165, 1.54) is 0 Å². The van der Waals surface area contributed by atoms with Crippen LogP contribution in [0.3, 0.4) is 0 Å². The number of benzene rings is 1. The topological polar surface area (TPSA) is 42.5 Å². The molecule has 4 nitrogen and oxygen atoms in total. The van der Waals surface area contributed by atoms with E-state index in [9.17, 15) is 0 Å². The molecule has 1 aliphatic heterocycles. The Morgan fingerprint density at radius 3 is 3.05 bits per heavy atom. The molecule has 1 heterocycles. The van der Waals surface area contributed by atoms with Gasteiger partial charge in [0, 0.05) is 23.7 Å². The number of anilines is 1. The number of rotatable bonds is 5. The lowest BCUT2D eigenvalue weighted by molar-refractivity contribution is 0.0731. The maximum atomic E-state index is 6.10. The Morgan fingerprint density at radius 1 is 1.60 bits per heavy atom. The number of methoxy groups -OCH3 is 1. The maximum absolute atomic E-state index is 6.10. The minimum atomic E-state index is 0.286. The number of hydrogen-bond donors (Lipinski definition) is 2. The lowest BCUT2D eigenvalue weighted by atomic mass is 10.1. The van der Waals surface area contributed by atoms with Gasteiger partial charge in [0.1, 0.15) is 0 Å². The summed E-state index contributed by atoms with van der Waals surface area (Å²) in [6.07, 6.45) is 0.979. The van der Waals surface area contributed by atoms with Crippen LogP contribution >= 0.6 is 27.5 Å². The molecule has 0 aliphatic carbocycles. The van der Waals surface area contributed by atoms with Crippen molar-refractivity contribution >= 4 is 33.2 Å². The summed E-state index contributed by atoms with van der Waals surface area (Å²) in [5.41, 5.74) is 0.899. The molecule has 1 aromatic carbocycles. The van der Waals surface area contributed by atoms with Gasteiger partial charge < -0.3 is 20.1 Å². The van der Waals surface area contributed by atoms with Gasteiger partial charge in [-0.2, -0.15) is 0 Å². The van der Waals surface area contributed by atoms with Crippen molar-refractivity contribution in [1.82, 2.24) is 5.32 Å². The van der Waals surface area contributed by atoms with E-state index in [1.807, 2.05) is 12.1 Å². The predicted octanol–water partition coefficient (Wildman–Crippen LogP) is 3.29. The van der Waals surface area contributed by atoms with Gasteiger partial charge in [0.2, 0.25) is 0 Å². The van der Waals surface area contributed by atoms with Gasteiger partial charge >= 0.3 is 0 Å². The van der Waals surface area contributed by atoms with Crippen LogP contribution in [0.4, 0.5) is 5.69 Å². The zero-order chi connectivity index (χ0) is 14.5. The van der Waals surface area contributed by atoms with Crippen molar-refractivity contribution in [1.29, 1.82) is 0 Å². The SMILES string of the molecule is COc1c(Br)cc(Cl)cc1NC(C)CC1COCCN1. The quantitative estimate of drug-likeness (QED) is 0.842. The first kappa shape index (κ1) is 15.9. The van der Waals surface area contributed by atoms with Crippen LogP contribution < -0.4 is 15.4 Å². The summed E-state index contributed by atoms with van der Waals surface area (Å²) in [4.78, 5) is 0. The summed E-state index contributed by atoms with van der Waals surface area (Å²) in [6, 6.07) is 4.38. The zero-order valence-electron chi connectivity index (χ0n) is 11.7. The molecule has 6 heteroatoms. The van der Waals surface area contributed by atoms with Gasteiger partial charge in [-0.1, -0.05) is 11.6 Å². The first-order valence-electron chi connectivity index (χ1n) is 6.71. The molecular formula is C14H20BrClN2O2. The van der Waals surface area contributed by atoms with Crippen LogP contribution in [-0.4, -0.2) is 39.0 Å². The highest BCUT2D eigenvalue weighted by atomic mass is 79.9. The van der Waals surface area contributed by atoms with Gasteiger partial charge in [0.25, 0.3) is 0 Å². The summed E-state index contributed by atoms with van der Waals surface area (Å²) >= 11 is 9.56. The van der Waals surface area contributed by atoms with E-state index < -0.39 is 0 Å². The molecule has 1 aromatic rings. The van der Waals surface area contributed by atoms with Gasteiger partial charge in [-0.15, -0.1) is 0 Å². The number of halogens is 2. The lowest BCUT2D eigenvalue weighted by Crippen LogP contribution is -2.43. The van der Waals surface area contributed by atoms with Crippen LogP contribution in [0.1, 0.15) is 13.3 Å². The van der Waals surface area contributed by atoms with Crippen LogP contribution in [0.15, 0.2) is 16.6 Å². The van der Waals surface area contributed by atoms with E-state index in [0.29, 0.717) is 11.1 Å². The monoisotopic (exact) mass is 362 g/mol. The molecule has 2 atom stereocenters. The van der Waals surface area contributed by atoms with Gasteiger partial charge in [-0.25, -0.2) is 0 Å². The molecule has 112 valence electrons. The normalized spacial score (nSPS) is 20.5. The van der Waals surface area contributed by atoms with Crippen molar-refractivity contribution in [3.05, 3.63) is 21.6 Å². The minimum Gasteiger partial charge on any atom is -0.493 e. The Balaban J connectivity index is 2.01. The molecule has 1 fully saturated rings. The summed E-state index contributed by atoms with van der Waals surface area (Å²) in [5, 5.41) is 7.58. The van der Waals surface area contributed by atoms with Gasteiger partial charge in [-0.3, -0.25) is 0 Å². The van der Waals surface area contributed by atoms with Gasteiger partial charge in [-0.05, 0) is 41.4 Å². The summed E-state index contributed by atoms with van der Waals surface area (Å²) in [7, 11) is 1.65. The smallest absolute Gasteiger partial charge is 0.156 e. The van der Waals surface area contributed by atoms with E-state index in [-0.39, 0.29) is 6.04 Å². The average molecular weight is 364 g/mol. The average Bonchev–Trinajstić information content (AvgIpc) is 2.39. The van der Waals surface area contributed by atoms with E-state index >= 15 is 0 Å². The number of nitrogens with one attached hydrogen (secondary N) is 2. The van der Waals surface area contributed by atoms with Gasteiger partial charge in [0.05, 0.1) is 30.5 Å². The second-order valence-electron chi connectivity index (χ2n) is 4.98. The highest BCUT2D eigenvalue weighted by Gasteiger charge is 2.18. The fraction of sp³-hybridized carbons (Fsp3) is 0.571. The molecule has 0 spiro atoms. The first-order valence-corrected chi connectivity index (χ1v) is 7.88. The lowest BCUT2D eigenvalue weighted by Gasteiger charge is -2.27. The third kappa shape index (κ3) is 4.25. The largest absolute Gasteiger partial charge is 0.493 e. The fourth-order valence-electron chi connectivity index (χ4n) is 2.40. The third-order valence-corrected chi connectivity index (χ3v) is 4.06. The third-order valence-electron chi connectivity index (χ3n) is 3.25.